The molecule has 0 spiro atoms. The van der Waals surface area contributed by atoms with Crippen molar-refractivity contribution in [2.75, 3.05) is 11.1 Å². The molecule has 2 rings (SSSR count). The highest BCUT2D eigenvalue weighted by atomic mass is 16.1. The summed E-state index contributed by atoms with van der Waals surface area (Å²) in [6.45, 7) is 3.29. The SMILES string of the molecule is CC(=O)c1cccc(NC(=O)c2cccc(N)c2C)c1. The molecule has 2 aromatic carbocycles. The van der Waals surface area contributed by atoms with Crippen molar-refractivity contribution >= 4 is 23.1 Å². The molecule has 0 saturated heterocycles. The number of Topliss-reactive ketones (excluding diaryl/α,β-unsaturated/α-hetero) is 1. The van der Waals surface area contributed by atoms with E-state index in [0.29, 0.717) is 22.5 Å². The van der Waals surface area contributed by atoms with Crippen LogP contribution in [0.15, 0.2) is 42.5 Å². The maximum absolute atomic E-state index is 12.2. The number of nitrogens with one attached hydrogen (secondary N) is 1. The largest absolute Gasteiger partial charge is 0.398 e. The quantitative estimate of drug-likeness (QED) is 0.664. The Morgan fingerprint density at radius 3 is 2.50 bits per heavy atom. The zero-order chi connectivity index (χ0) is 14.7. The molecule has 0 aliphatic heterocycles. The first-order valence-corrected chi connectivity index (χ1v) is 6.26. The second-order valence-electron chi connectivity index (χ2n) is 4.61. The van der Waals surface area contributed by atoms with Crippen LogP contribution in [0.1, 0.15) is 33.2 Å². The second-order valence-corrected chi connectivity index (χ2v) is 4.61. The van der Waals surface area contributed by atoms with E-state index in [1.807, 2.05) is 0 Å². The number of rotatable bonds is 3. The molecule has 1 amide bonds. The molecule has 0 fully saturated rings. The van der Waals surface area contributed by atoms with Gasteiger partial charge >= 0.3 is 0 Å². The topological polar surface area (TPSA) is 72.2 Å². The van der Waals surface area contributed by atoms with E-state index in [1.165, 1.54) is 6.92 Å². The summed E-state index contributed by atoms with van der Waals surface area (Å²) in [5.41, 5.74) is 8.79. The number of anilines is 2. The molecule has 2 aromatic rings. The Morgan fingerprint density at radius 2 is 1.80 bits per heavy atom. The van der Waals surface area contributed by atoms with Crippen LogP contribution in [0.25, 0.3) is 0 Å². The van der Waals surface area contributed by atoms with Crippen LogP contribution in [0.3, 0.4) is 0 Å². The number of nitrogen functional groups attached to an aromatic ring is 1. The van der Waals surface area contributed by atoms with Crippen LogP contribution >= 0.6 is 0 Å². The first-order valence-electron chi connectivity index (χ1n) is 6.26. The van der Waals surface area contributed by atoms with E-state index in [1.54, 1.807) is 49.4 Å². The van der Waals surface area contributed by atoms with Crippen LogP contribution in [-0.4, -0.2) is 11.7 Å². The number of hydrogen-bond acceptors (Lipinski definition) is 3. The lowest BCUT2D eigenvalue weighted by molar-refractivity contribution is 0.101. The number of hydrogen-bond donors (Lipinski definition) is 2. The molecule has 0 atom stereocenters. The molecule has 0 aliphatic carbocycles. The van der Waals surface area contributed by atoms with E-state index >= 15 is 0 Å². The van der Waals surface area contributed by atoms with Gasteiger partial charge in [-0.05, 0) is 43.7 Å². The fraction of sp³-hybridized carbons (Fsp3) is 0.125. The van der Waals surface area contributed by atoms with Gasteiger partial charge in [0, 0.05) is 22.5 Å². The fourth-order valence-corrected chi connectivity index (χ4v) is 1.91. The smallest absolute Gasteiger partial charge is 0.256 e. The standard InChI is InChI=1S/C16H16N2O2/c1-10-14(7-4-8-15(10)17)16(20)18-13-6-3-5-12(9-13)11(2)19/h3-9H,17H2,1-2H3,(H,18,20). The maximum Gasteiger partial charge on any atom is 0.256 e. The molecule has 102 valence electrons. The molecular weight excluding hydrogens is 252 g/mol. The Labute approximate surface area is 117 Å². The average molecular weight is 268 g/mol. The van der Waals surface area contributed by atoms with Crippen LogP contribution in [0.4, 0.5) is 11.4 Å². The van der Waals surface area contributed by atoms with Crippen LogP contribution in [0, 0.1) is 6.92 Å². The van der Waals surface area contributed by atoms with Crippen molar-refractivity contribution in [3.05, 3.63) is 59.2 Å². The third kappa shape index (κ3) is 2.85. The predicted molar refractivity (Wildman–Crippen MR) is 80.0 cm³/mol. The van der Waals surface area contributed by atoms with Gasteiger partial charge in [-0.2, -0.15) is 0 Å². The molecule has 0 bridgehead atoms. The minimum atomic E-state index is -0.240. The lowest BCUT2D eigenvalue weighted by atomic mass is 10.1. The molecule has 0 saturated carbocycles. The summed E-state index contributed by atoms with van der Waals surface area (Å²) < 4.78 is 0. The van der Waals surface area contributed by atoms with Crippen molar-refractivity contribution in [2.45, 2.75) is 13.8 Å². The van der Waals surface area contributed by atoms with Crippen molar-refractivity contribution in [3.63, 3.8) is 0 Å². The summed E-state index contributed by atoms with van der Waals surface area (Å²) in [5.74, 6) is -0.281. The molecule has 0 aliphatic rings. The summed E-state index contributed by atoms with van der Waals surface area (Å²) in [6, 6.07) is 12.1. The van der Waals surface area contributed by atoms with Gasteiger partial charge in [0.15, 0.2) is 5.78 Å². The summed E-state index contributed by atoms with van der Waals surface area (Å²) in [6.07, 6.45) is 0. The van der Waals surface area contributed by atoms with Gasteiger partial charge < -0.3 is 11.1 Å². The second kappa shape index (κ2) is 5.57. The van der Waals surface area contributed by atoms with Gasteiger partial charge in [-0.3, -0.25) is 9.59 Å². The third-order valence-electron chi connectivity index (χ3n) is 3.15. The van der Waals surface area contributed by atoms with Crippen LogP contribution in [0.5, 0.6) is 0 Å². The highest BCUT2D eigenvalue weighted by Gasteiger charge is 2.11. The predicted octanol–water partition coefficient (Wildman–Crippen LogP) is 3.03. The van der Waals surface area contributed by atoms with Gasteiger partial charge in [0.2, 0.25) is 0 Å². The van der Waals surface area contributed by atoms with Crippen molar-refractivity contribution in [1.82, 2.24) is 0 Å². The highest BCUT2D eigenvalue weighted by molar-refractivity contribution is 6.06. The molecule has 3 N–H and O–H groups in total. The summed E-state index contributed by atoms with van der Waals surface area (Å²) in [4.78, 5) is 23.5. The summed E-state index contributed by atoms with van der Waals surface area (Å²) >= 11 is 0. The molecule has 0 heterocycles. The van der Waals surface area contributed by atoms with Crippen LogP contribution in [-0.2, 0) is 0 Å². The summed E-state index contributed by atoms with van der Waals surface area (Å²) in [5, 5.41) is 2.77. The maximum atomic E-state index is 12.2. The van der Waals surface area contributed by atoms with E-state index in [-0.39, 0.29) is 11.7 Å². The molecule has 0 aromatic heterocycles. The first-order chi connectivity index (χ1) is 9.49. The number of amides is 1. The van der Waals surface area contributed by atoms with E-state index in [2.05, 4.69) is 5.32 Å². The van der Waals surface area contributed by atoms with Crippen LogP contribution < -0.4 is 11.1 Å². The zero-order valence-corrected chi connectivity index (χ0v) is 11.4. The number of carbonyl (C=O) groups excluding carboxylic acids is 2. The monoisotopic (exact) mass is 268 g/mol. The van der Waals surface area contributed by atoms with Gasteiger partial charge in [-0.1, -0.05) is 18.2 Å². The molecule has 0 unspecified atom stereocenters. The minimum Gasteiger partial charge on any atom is -0.398 e. The normalized spacial score (nSPS) is 10.1. The van der Waals surface area contributed by atoms with Crippen molar-refractivity contribution in [3.8, 4) is 0 Å². The van der Waals surface area contributed by atoms with Gasteiger partial charge in [0.25, 0.3) is 5.91 Å². The number of ketones is 1. The van der Waals surface area contributed by atoms with E-state index in [4.69, 9.17) is 5.73 Å². The van der Waals surface area contributed by atoms with Crippen molar-refractivity contribution in [1.29, 1.82) is 0 Å². The van der Waals surface area contributed by atoms with E-state index in [9.17, 15) is 9.59 Å². The fourth-order valence-electron chi connectivity index (χ4n) is 1.91. The Balaban J connectivity index is 2.26. The lowest BCUT2D eigenvalue weighted by Gasteiger charge is -2.10. The molecule has 20 heavy (non-hydrogen) atoms. The van der Waals surface area contributed by atoms with Gasteiger partial charge in [0.1, 0.15) is 0 Å². The molecule has 0 radical (unpaired) electrons. The zero-order valence-electron chi connectivity index (χ0n) is 11.4. The number of benzene rings is 2. The van der Waals surface area contributed by atoms with Crippen molar-refractivity contribution < 1.29 is 9.59 Å². The minimum absolute atomic E-state index is 0.0405. The van der Waals surface area contributed by atoms with Crippen molar-refractivity contribution in [2.24, 2.45) is 0 Å². The Hall–Kier alpha value is -2.62. The van der Waals surface area contributed by atoms with Gasteiger partial charge in [0.05, 0.1) is 0 Å². The Bertz CT molecular complexity index is 678. The highest BCUT2D eigenvalue weighted by Crippen LogP contribution is 2.18. The molecular formula is C16H16N2O2. The van der Waals surface area contributed by atoms with E-state index in [0.717, 1.165) is 5.56 Å². The number of nitrogens with two attached hydrogens (primary N) is 1. The van der Waals surface area contributed by atoms with Gasteiger partial charge in [-0.25, -0.2) is 0 Å². The van der Waals surface area contributed by atoms with Crippen LogP contribution in [0.2, 0.25) is 0 Å². The summed E-state index contributed by atoms with van der Waals surface area (Å²) in [7, 11) is 0. The Morgan fingerprint density at radius 1 is 1.10 bits per heavy atom. The molecule has 4 heteroatoms. The first kappa shape index (κ1) is 13.8. The van der Waals surface area contributed by atoms with Gasteiger partial charge in [-0.15, -0.1) is 0 Å². The third-order valence-corrected chi connectivity index (χ3v) is 3.15. The van der Waals surface area contributed by atoms with E-state index < -0.39 is 0 Å². The number of carbonyl (C=O) groups is 2. The Kier molecular flexibility index (Phi) is 3.84. The lowest BCUT2D eigenvalue weighted by Crippen LogP contribution is -2.14. The molecule has 4 nitrogen and oxygen atoms in total. The average Bonchev–Trinajstić information content (AvgIpc) is 2.42.